The molecule has 0 spiro atoms. The number of aliphatic hydroxyl groups is 5. The molecule has 1 rings (SSSR count). The Hall–Kier alpha value is -0.410. The van der Waals surface area contributed by atoms with Gasteiger partial charge in [0, 0.05) is 5.75 Å². The standard InChI is InChI=1S/C16H28O6S/c1-10(6-7-17)4-3-5-11(2)9-23-16-15(21)14(20)13(19)12(8-18)22-16/h5-6,12-21H,3-4,7-9H2,1-2H3. The number of hydrogen-bond acceptors (Lipinski definition) is 7. The largest absolute Gasteiger partial charge is 0.394 e. The molecule has 0 aliphatic carbocycles. The van der Waals surface area contributed by atoms with Crippen LogP contribution in [0.3, 0.4) is 0 Å². The molecule has 0 radical (unpaired) electrons. The maximum atomic E-state index is 9.95. The van der Waals surface area contributed by atoms with Crippen molar-refractivity contribution in [2.75, 3.05) is 19.0 Å². The van der Waals surface area contributed by atoms with Gasteiger partial charge in [-0.15, -0.1) is 11.8 Å². The average Bonchev–Trinajstić information content (AvgIpc) is 2.52. The van der Waals surface area contributed by atoms with Crippen molar-refractivity contribution in [3.05, 3.63) is 23.3 Å². The van der Waals surface area contributed by atoms with E-state index in [4.69, 9.17) is 14.9 Å². The number of thioether (sulfide) groups is 1. The van der Waals surface area contributed by atoms with E-state index in [1.807, 2.05) is 13.8 Å². The van der Waals surface area contributed by atoms with E-state index in [1.165, 1.54) is 11.8 Å². The fourth-order valence-corrected chi connectivity index (χ4v) is 3.41. The van der Waals surface area contributed by atoms with Crippen molar-refractivity contribution < 1.29 is 30.3 Å². The summed E-state index contributed by atoms with van der Waals surface area (Å²) in [5.41, 5.74) is 1.56. The Balaban J connectivity index is 2.45. The Morgan fingerprint density at radius 3 is 2.30 bits per heavy atom. The van der Waals surface area contributed by atoms with Crippen molar-refractivity contribution in [2.24, 2.45) is 0 Å². The highest BCUT2D eigenvalue weighted by molar-refractivity contribution is 8.00. The van der Waals surface area contributed by atoms with Crippen LogP contribution in [0, 0.1) is 0 Å². The fourth-order valence-electron chi connectivity index (χ4n) is 2.28. The van der Waals surface area contributed by atoms with Gasteiger partial charge < -0.3 is 30.3 Å². The summed E-state index contributed by atoms with van der Waals surface area (Å²) in [6.45, 7) is 3.60. The van der Waals surface area contributed by atoms with Gasteiger partial charge in [0.25, 0.3) is 0 Å². The molecule has 5 N–H and O–H groups in total. The van der Waals surface area contributed by atoms with Crippen LogP contribution in [0.25, 0.3) is 0 Å². The third kappa shape index (κ3) is 6.54. The van der Waals surface area contributed by atoms with Crippen LogP contribution in [0.4, 0.5) is 0 Å². The van der Waals surface area contributed by atoms with Crippen LogP contribution in [0.5, 0.6) is 0 Å². The van der Waals surface area contributed by atoms with Gasteiger partial charge in [0.15, 0.2) is 0 Å². The predicted octanol–water partition coefficient (Wildman–Crippen LogP) is 0.185. The smallest absolute Gasteiger partial charge is 0.132 e. The highest BCUT2D eigenvalue weighted by Crippen LogP contribution is 2.29. The van der Waals surface area contributed by atoms with E-state index >= 15 is 0 Å². The Morgan fingerprint density at radius 2 is 1.70 bits per heavy atom. The predicted molar refractivity (Wildman–Crippen MR) is 90.1 cm³/mol. The number of hydrogen-bond donors (Lipinski definition) is 5. The maximum Gasteiger partial charge on any atom is 0.132 e. The molecular formula is C16H28O6S. The lowest BCUT2D eigenvalue weighted by Gasteiger charge is -2.39. The van der Waals surface area contributed by atoms with E-state index in [0.717, 1.165) is 24.0 Å². The zero-order chi connectivity index (χ0) is 17.4. The van der Waals surface area contributed by atoms with Gasteiger partial charge in [0.1, 0.15) is 29.9 Å². The second kappa shape index (κ2) is 10.5. The molecule has 5 unspecified atom stereocenters. The first-order valence-corrected chi connectivity index (χ1v) is 8.79. The van der Waals surface area contributed by atoms with Crippen LogP contribution >= 0.6 is 11.8 Å². The molecule has 0 amide bonds. The molecule has 5 atom stereocenters. The van der Waals surface area contributed by atoms with Crippen molar-refractivity contribution >= 4 is 11.8 Å². The zero-order valence-corrected chi connectivity index (χ0v) is 14.4. The molecule has 134 valence electrons. The third-order valence-electron chi connectivity index (χ3n) is 3.79. The second-order valence-corrected chi connectivity index (χ2v) is 6.92. The second-order valence-electron chi connectivity index (χ2n) is 5.83. The average molecular weight is 348 g/mol. The minimum absolute atomic E-state index is 0.0570. The number of ether oxygens (including phenoxy) is 1. The Labute approximate surface area is 141 Å². The van der Waals surface area contributed by atoms with E-state index in [-0.39, 0.29) is 6.61 Å². The third-order valence-corrected chi connectivity index (χ3v) is 5.14. The van der Waals surface area contributed by atoms with Crippen LogP contribution in [-0.2, 0) is 4.74 Å². The number of aliphatic hydroxyl groups excluding tert-OH is 5. The van der Waals surface area contributed by atoms with Gasteiger partial charge in [-0.1, -0.05) is 23.3 Å². The summed E-state index contributed by atoms with van der Waals surface area (Å²) in [7, 11) is 0. The first kappa shape index (κ1) is 20.6. The molecule has 0 aromatic rings. The van der Waals surface area contributed by atoms with E-state index < -0.39 is 36.5 Å². The molecule has 7 heteroatoms. The molecule has 6 nitrogen and oxygen atoms in total. The minimum atomic E-state index is -1.33. The summed E-state index contributed by atoms with van der Waals surface area (Å²) >= 11 is 1.33. The highest BCUT2D eigenvalue weighted by atomic mass is 32.2. The van der Waals surface area contributed by atoms with Gasteiger partial charge in [-0.05, 0) is 26.7 Å². The van der Waals surface area contributed by atoms with Gasteiger partial charge in [-0.2, -0.15) is 0 Å². The van der Waals surface area contributed by atoms with Crippen LogP contribution in [0.1, 0.15) is 26.7 Å². The molecule has 1 aliphatic rings. The van der Waals surface area contributed by atoms with Crippen molar-refractivity contribution in [1.82, 2.24) is 0 Å². The molecule has 23 heavy (non-hydrogen) atoms. The van der Waals surface area contributed by atoms with Gasteiger partial charge in [0.05, 0.1) is 13.2 Å². The summed E-state index contributed by atoms with van der Waals surface area (Å²) in [4.78, 5) is 0. The molecule has 1 fully saturated rings. The quantitative estimate of drug-likeness (QED) is 0.398. The molecule has 0 saturated carbocycles. The summed E-state index contributed by atoms with van der Waals surface area (Å²) in [6.07, 6.45) is 0.921. The topological polar surface area (TPSA) is 110 Å². The van der Waals surface area contributed by atoms with Crippen molar-refractivity contribution in [2.45, 2.75) is 56.5 Å². The minimum Gasteiger partial charge on any atom is -0.394 e. The Kier molecular flexibility index (Phi) is 9.38. The normalized spacial score (nSPS) is 33.1. The molecule has 0 aromatic carbocycles. The lowest BCUT2D eigenvalue weighted by atomic mass is 10.0. The molecule has 0 aromatic heterocycles. The van der Waals surface area contributed by atoms with Gasteiger partial charge in [0.2, 0.25) is 0 Å². The molecule has 1 heterocycles. The van der Waals surface area contributed by atoms with Gasteiger partial charge in [-0.25, -0.2) is 0 Å². The number of rotatable bonds is 8. The summed E-state index contributed by atoms with van der Waals surface area (Å²) < 4.78 is 5.44. The maximum absolute atomic E-state index is 9.95. The van der Waals surface area contributed by atoms with Crippen LogP contribution in [0.15, 0.2) is 23.3 Å². The lowest BCUT2D eigenvalue weighted by molar-refractivity contribution is -0.205. The number of allylic oxidation sites excluding steroid dienone is 2. The van der Waals surface area contributed by atoms with E-state index in [1.54, 1.807) is 6.08 Å². The van der Waals surface area contributed by atoms with Crippen LogP contribution in [0.2, 0.25) is 0 Å². The summed E-state index contributed by atoms with van der Waals surface area (Å²) in [6, 6.07) is 0. The van der Waals surface area contributed by atoms with Crippen LogP contribution in [-0.4, -0.2) is 74.4 Å². The lowest BCUT2D eigenvalue weighted by Crippen LogP contribution is -2.57. The van der Waals surface area contributed by atoms with E-state index in [0.29, 0.717) is 5.75 Å². The van der Waals surface area contributed by atoms with E-state index in [2.05, 4.69) is 6.08 Å². The monoisotopic (exact) mass is 348 g/mol. The zero-order valence-electron chi connectivity index (χ0n) is 13.6. The highest BCUT2D eigenvalue weighted by Gasteiger charge is 2.43. The summed E-state index contributed by atoms with van der Waals surface area (Å²) in [5.74, 6) is 0.617. The first-order valence-electron chi connectivity index (χ1n) is 7.75. The molecule has 1 aliphatic heterocycles. The fraction of sp³-hybridized carbons (Fsp3) is 0.750. The van der Waals surface area contributed by atoms with Crippen LogP contribution < -0.4 is 0 Å². The van der Waals surface area contributed by atoms with Crippen molar-refractivity contribution in [1.29, 1.82) is 0 Å². The van der Waals surface area contributed by atoms with E-state index in [9.17, 15) is 15.3 Å². The molecule has 0 bridgehead atoms. The molecular weight excluding hydrogens is 320 g/mol. The molecule has 1 saturated heterocycles. The van der Waals surface area contributed by atoms with Crippen molar-refractivity contribution in [3.63, 3.8) is 0 Å². The summed E-state index contributed by atoms with van der Waals surface area (Å²) in [5, 5.41) is 47.4. The first-order chi connectivity index (χ1) is 10.9. The Bertz CT molecular complexity index is 409. The Morgan fingerprint density at radius 1 is 1.00 bits per heavy atom. The SMILES string of the molecule is CC(=CCO)CCC=C(C)CSC1OC(CO)C(O)C(O)C1O. The van der Waals surface area contributed by atoms with Gasteiger partial charge >= 0.3 is 0 Å². The van der Waals surface area contributed by atoms with Crippen molar-refractivity contribution in [3.8, 4) is 0 Å². The van der Waals surface area contributed by atoms with Gasteiger partial charge in [-0.3, -0.25) is 0 Å².